The Morgan fingerprint density at radius 1 is 1.07 bits per heavy atom. The Balaban J connectivity index is 1.19. The molecule has 4 heterocycles. The topological polar surface area (TPSA) is 135 Å². The number of aliphatic hydroxyl groups excluding tert-OH is 1. The van der Waals surface area contributed by atoms with E-state index >= 15 is 0 Å². The predicted octanol–water partition coefficient (Wildman–Crippen LogP) is 4.36. The first-order valence-corrected chi connectivity index (χ1v) is 14.8. The molecular formula is C27H24ClN7O4S2. The minimum absolute atomic E-state index is 0.121. The summed E-state index contributed by atoms with van der Waals surface area (Å²) in [5, 5.41) is 39.0. The van der Waals surface area contributed by atoms with Crippen molar-refractivity contribution in [1.82, 2.24) is 35.5 Å². The summed E-state index contributed by atoms with van der Waals surface area (Å²) in [7, 11) is 1.94. The van der Waals surface area contributed by atoms with Crippen molar-refractivity contribution in [3.63, 3.8) is 0 Å². The van der Waals surface area contributed by atoms with E-state index in [0.717, 1.165) is 15.9 Å². The Morgan fingerprint density at radius 2 is 1.85 bits per heavy atom. The van der Waals surface area contributed by atoms with Gasteiger partial charge in [0.1, 0.15) is 5.60 Å². The van der Waals surface area contributed by atoms with Gasteiger partial charge in [0.25, 0.3) is 5.89 Å². The Labute approximate surface area is 248 Å². The summed E-state index contributed by atoms with van der Waals surface area (Å²) in [6, 6.07) is 18.2. The smallest absolute Gasteiger partial charge is 0.257 e. The molecule has 1 aliphatic rings. The van der Waals surface area contributed by atoms with E-state index in [-0.39, 0.29) is 11.8 Å². The van der Waals surface area contributed by atoms with Gasteiger partial charge in [-0.25, -0.2) is 0 Å². The molecule has 0 saturated heterocycles. The molecule has 0 aliphatic carbocycles. The summed E-state index contributed by atoms with van der Waals surface area (Å²) < 4.78 is 7.24. The highest BCUT2D eigenvalue weighted by molar-refractivity contribution is 7.99. The lowest BCUT2D eigenvalue weighted by atomic mass is 9.85. The van der Waals surface area contributed by atoms with E-state index in [2.05, 4.69) is 25.9 Å². The van der Waals surface area contributed by atoms with Crippen LogP contribution in [0.1, 0.15) is 22.5 Å². The number of hydrogen-bond acceptors (Lipinski definition) is 12. The number of aliphatic hydroxyl groups is 2. The van der Waals surface area contributed by atoms with Crippen molar-refractivity contribution in [2.24, 2.45) is 7.05 Å². The maximum Gasteiger partial charge on any atom is 0.257 e. The molecule has 0 bridgehead atoms. The lowest BCUT2D eigenvalue weighted by Gasteiger charge is -2.28. The SMILES string of the molecule is Cn1c(SCN2C=C(c3cccc(C(O)(CO)c4cccc(-c5nc(CCl)no5)c4)c3)ON2)nnc1-c1cccs1. The number of halogens is 1. The summed E-state index contributed by atoms with van der Waals surface area (Å²) >= 11 is 8.92. The van der Waals surface area contributed by atoms with Crippen LogP contribution in [0.4, 0.5) is 0 Å². The van der Waals surface area contributed by atoms with Crippen molar-refractivity contribution in [1.29, 1.82) is 0 Å². The van der Waals surface area contributed by atoms with Gasteiger partial charge in [0, 0.05) is 18.2 Å². The highest BCUT2D eigenvalue weighted by atomic mass is 35.5. The van der Waals surface area contributed by atoms with Gasteiger partial charge in [-0.2, -0.15) is 4.98 Å². The minimum Gasteiger partial charge on any atom is -0.393 e. The van der Waals surface area contributed by atoms with E-state index in [9.17, 15) is 10.2 Å². The first-order valence-electron chi connectivity index (χ1n) is 12.4. The van der Waals surface area contributed by atoms with E-state index in [0.29, 0.717) is 39.7 Å². The van der Waals surface area contributed by atoms with Crippen molar-refractivity contribution >= 4 is 40.5 Å². The molecule has 3 aromatic heterocycles. The summed E-state index contributed by atoms with van der Waals surface area (Å²) in [5.74, 6) is 2.64. The van der Waals surface area contributed by atoms with Crippen LogP contribution in [-0.2, 0) is 23.4 Å². The fourth-order valence-corrected chi connectivity index (χ4v) is 5.91. The van der Waals surface area contributed by atoms with Gasteiger partial charge in [0.2, 0.25) is 0 Å². The van der Waals surface area contributed by atoms with Gasteiger partial charge in [-0.15, -0.1) is 33.1 Å². The van der Waals surface area contributed by atoms with Crippen LogP contribution < -0.4 is 5.59 Å². The van der Waals surface area contributed by atoms with Gasteiger partial charge in [-0.1, -0.05) is 58.9 Å². The third-order valence-electron chi connectivity index (χ3n) is 6.48. The Kier molecular flexibility index (Phi) is 7.79. The molecule has 3 N–H and O–H groups in total. The summed E-state index contributed by atoms with van der Waals surface area (Å²) in [6.07, 6.45) is 1.82. The number of nitrogens with zero attached hydrogens (tertiary/aromatic N) is 6. The van der Waals surface area contributed by atoms with Crippen LogP contribution in [-0.4, -0.2) is 52.6 Å². The molecule has 1 atom stereocenters. The van der Waals surface area contributed by atoms with Gasteiger partial charge in [-0.05, 0) is 40.8 Å². The van der Waals surface area contributed by atoms with Crippen LogP contribution in [0.5, 0.6) is 0 Å². The lowest BCUT2D eigenvalue weighted by molar-refractivity contribution is 0.0172. The normalized spacial score (nSPS) is 14.6. The van der Waals surface area contributed by atoms with Gasteiger partial charge in [0.05, 0.1) is 29.4 Å². The molecule has 1 unspecified atom stereocenters. The number of hydrazine groups is 1. The summed E-state index contributed by atoms with van der Waals surface area (Å²) in [4.78, 5) is 11.0. The number of hydrogen-bond donors (Lipinski definition) is 3. The Bertz CT molecular complexity index is 1690. The molecule has 6 rings (SSSR count). The lowest BCUT2D eigenvalue weighted by Crippen LogP contribution is -2.31. The fraction of sp³-hybridized carbons (Fsp3) is 0.185. The first kappa shape index (κ1) is 27.4. The van der Waals surface area contributed by atoms with Crippen molar-refractivity contribution in [3.8, 4) is 22.2 Å². The van der Waals surface area contributed by atoms with Crippen LogP contribution in [0, 0.1) is 0 Å². The van der Waals surface area contributed by atoms with Gasteiger partial charge in [0.15, 0.2) is 22.6 Å². The number of rotatable bonds is 10. The molecule has 210 valence electrons. The quantitative estimate of drug-likeness (QED) is 0.154. The molecule has 41 heavy (non-hydrogen) atoms. The van der Waals surface area contributed by atoms with Crippen molar-refractivity contribution in [2.75, 3.05) is 12.5 Å². The number of aromatic nitrogens is 5. The second-order valence-corrected chi connectivity index (χ2v) is 11.2. The van der Waals surface area contributed by atoms with Gasteiger partial charge in [-0.3, -0.25) is 5.01 Å². The molecule has 0 amide bonds. The molecule has 2 aromatic carbocycles. The van der Waals surface area contributed by atoms with Crippen LogP contribution in [0.2, 0.25) is 0 Å². The van der Waals surface area contributed by atoms with Crippen molar-refractivity contribution < 1.29 is 19.6 Å². The van der Waals surface area contributed by atoms with Crippen molar-refractivity contribution in [2.45, 2.75) is 16.6 Å². The van der Waals surface area contributed by atoms with E-state index in [1.54, 1.807) is 58.8 Å². The van der Waals surface area contributed by atoms with Crippen LogP contribution in [0.25, 0.3) is 27.9 Å². The maximum atomic E-state index is 11.7. The zero-order chi connectivity index (χ0) is 28.4. The zero-order valence-electron chi connectivity index (χ0n) is 21.6. The van der Waals surface area contributed by atoms with E-state index < -0.39 is 12.2 Å². The Hall–Kier alpha value is -3.72. The first-order chi connectivity index (χ1) is 20.0. The van der Waals surface area contributed by atoms with Crippen LogP contribution >= 0.6 is 34.7 Å². The summed E-state index contributed by atoms with van der Waals surface area (Å²) in [6.45, 7) is -0.553. The molecule has 0 radical (unpaired) electrons. The molecule has 0 saturated carbocycles. The van der Waals surface area contributed by atoms with Crippen molar-refractivity contribution in [3.05, 3.63) is 94.8 Å². The van der Waals surface area contributed by atoms with Crippen LogP contribution in [0.15, 0.2) is 81.9 Å². The molecule has 1 aliphatic heterocycles. The maximum absolute atomic E-state index is 11.7. The number of thioether (sulfide) groups is 1. The second kappa shape index (κ2) is 11.6. The fourth-order valence-electron chi connectivity index (χ4n) is 4.30. The average molecular weight is 610 g/mol. The van der Waals surface area contributed by atoms with E-state index in [1.807, 2.05) is 41.4 Å². The standard InChI is InChI=1S/C27H24ClN7O4S2/c1-34-24(22-9-4-10-40-22)30-31-26(34)41-16-35-14-21(38-33-35)17-5-2-7-19(11-17)27(37,15-36)20-8-3-6-18(12-20)25-29-23(13-28)32-39-25/h2-12,14,33,36-37H,13,15-16H2,1H3. The highest BCUT2D eigenvalue weighted by Crippen LogP contribution is 2.34. The number of nitrogens with one attached hydrogen (secondary N) is 1. The van der Waals surface area contributed by atoms with E-state index in [1.165, 1.54) is 11.8 Å². The number of alkyl halides is 1. The molecule has 11 nitrogen and oxygen atoms in total. The minimum atomic E-state index is -1.70. The molecule has 5 aromatic rings. The average Bonchev–Trinajstić information content (AvgIpc) is 3.83. The Morgan fingerprint density at radius 3 is 2.56 bits per heavy atom. The van der Waals surface area contributed by atoms with Crippen LogP contribution in [0.3, 0.4) is 0 Å². The zero-order valence-corrected chi connectivity index (χ0v) is 24.0. The van der Waals surface area contributed by atoms with Gasteiger partial charge < -0.3 is 24.1 Å². The molecule has 14 heteroatoms. The number of thiophene rings is 1. The third kappa shape index (κ3) is 5.47. The predicted molar refractivity (Wildman–Crippen MR) is 155 cm³/mol. The van der Waals surface area contributed by atoms with E-state index in [4.69, 9.17) is 21.0 Å². The third-order valence-corrected chi connectivity index (χ3v) is 8.61. The monoisotopic (exact) mass is 609 g/mol. The number of benzene rings is 2. The largest absolute Gasteiger partial charge is 0.393 e. The highest BCUT2D eigenvalue weighted by Gasteiger charge is 2.32. The second-order valence-electron chi connectivity index (χ2n) is 9.10. The molecular weight excluding hydrogens is 586 g/mol. The molecule has 0 spiro atoms. The molecule has 0 fully saturated rings. The summed E-state index contributed by atoms with van der Waals surface area (Å²) in [5.41, 5.74) is 3.44. The van der Waals surface area contributed by atoms with Gasteiger partial charge >= 0.3 is 0 Å².